The van der Waals surface area contributed by atoms with E-state index >= 15 is 0 Å². The normalized spacial score (nSPS) is 11.7. The SMILES string of the molecule is CC(=NCCN)c1ccc(O)cc1O. The second kappa shape index (κ2) is 4.62. The monoisotopic (exact) mass is 194 g/mol. The first-order valence-electron chi connectivity index (χ1n) is 4.38. The number of aliphatic imine (C=N–C) groups is 1. The van der Waals surface area contributed by atoms with E-state index in [1.165, 1.54) is 12.1 Å². The fourth-order valence-corrected chi connectivity index (χ4v) is 1.14. The van der Waals surface area contributed by atoms with Gasteiger partial charge in [-0.15, -0.1) is 0 Å². The molecule has 0 unspecified atom stereocenters. The molecule has 0 saturated carbocycles. The van der Waals surface area contributed by atoms with E-state index in [0.29, 0.717) is 24.4 Å². The molecule has 0 radical (unpaired) electrons. The van der Waals surface area contributed by atoms with Crippen molar-refractivity contribution in [2.75, 3.05) is 13.1 Å². The van der Waals surface area contributed by atoms with Gasteiger partial charge < -0.3 is 15.9 Å². The number of rotatable bonds is 3. The van der Waals surface area contributed by atoms with Gasteiger partial charge in [-0.3, -0.25) is 4.99 Å². The second-order valence-corrected chi connectivity index (χ2v) is 2.96. The fraction of sp³-hybridized carbons (Fsp3) is 0.300. The maximum Gasteiger partial charge on any atom is 0.128 e. The molecule has 4 N–H and O–H groups in total. The molecule has 4 nitrogen and oxygen atoms in total. The zero-order valence-corrected chi connectivity index (χ0v) is 8.07. The predicted octanol–water partition coefficient (Wildman–Crippen LogP) is 0.865. The highest BCUT2D eigenvalue weighted by atomic mass is 16.3. The molecule has 76 valence electrons. The van der Waals surface area contributed by atoms with Crippen molar-refractivity contribution in [3.63, 3.8) is 0 Å². The Morgan fingerprint density at radius 2 is 2.14 bits per heavy atom. The van der Waals surface area contributed by atoms with Crippen LogP contribution in [0.3, 0.4) is 0 Å². The van der Waals surface area contributed by atoms with Gasteiger partial charge in [-0.05, 0) is 19.1 Å². The first-order valence-corrected chi connectivity index (χ1v) is 4.38. The quantitative estimate of drug-likeness (QED) is 0.624. The molecule has 0 aliphatic carbocycles. The Hall–Kier alpha value is -1.55. The summed E-state index contributed by atoms with van der Waals surface area (Å²) in [5.74, 6) is 0.0705. The molecule has 0 aliphatic heterocycles. The average molecular weight is 194 g/mol. The predicted molar refractivity (Wildman–Crippen MR) is 55.9 cm³/mol. The van der Waals surface area contributed by atoms with Crippen LogP contribution in [0.25, 0.3) is 0 Å². The van der Waals surface area contributed by atoms with Crippen LogP contribution >= 0.6 is 0 Å². The minimum atomic E-state index is 0.0308. The number of hydrogen-bond acceptors (Lipinski definition) is 4. The summed E-state index contributed by atoms with van der Waals surface area (Å²) in [6, 6.07) is 4.42. The third-order valence-corrected chi connectivity index (χ3v) is 1.85. The minimum absolute atomic E-state index is 0.0308. The molecule has 4 heteroatoms. The fourth-order valence-electron chi connectivity index (χ4n) is 1.14. The average Bonchev–Trinajstić information content (AvgIpc) is 2.14. The van der Waals surface area contributed by atoms with E-state index in [0.717, 1.165) is 0 Å². The van der Waals surface area contributed by atoms with Gasteiger partial charge in [0.25, 0.3) is 0 Å². The summed E-state index contributed by atoms with van der Waals surface area (Å²) in [4.78, 5) is 4.15. The van der Waals surface area contributed by atoms with Crippen LogP contribution in [-0.4, -0.2) is 29.0 Å². The molecule has 0 spiro atoms. The van der Waals surface area contributed by atoms with Gasteiger partial charge in [-0.25, -0.2) is 0 Å². The van der Waals surface area contributed by atoms with E-state index in [1.54, 1.807) is 13.0 Å². The van der Waals surface area contributed by atoms with Crippen molar-refractivity contribution in [1.82, 2.24) is 0 Å². The van der Waals surface area contributed by atoms with Crippen LogP contribution in [0.15, 0.2) is 23.2 Å². The van der Waals surface area contributed by atoms with E-state index < -0.39 is 0 Å². The number of phenolic OH excluding ortho intramolecular Hbond substituents is 2. The second-order valence-electron chi connectivity index (χ2n) is 2.96. The van der Waals surface area contributed by atoms with Crippen molar-refractivity contribution in [2.24, 2.45) is 10.7 Å². The van der Waals surface area contributed by atoms with Crippen LogP contribution in [-0.2, 0) is 0 Å². The van der Waals surface area contributed by atoms with Gasteiger partial charge in [-0.1, -0.05) is 0 Å². The van der Waals surface area contributed by atoms with Crippen LogP contribution in [0, 0.1) is 0 Å². The van der Waals surface area contributed by atoms with Crippen molar-refractivity contribution < 1.29 is 10.2 Å². The summed E-state index contributed by atoms with van der Waals surface area (Å²) in [7, 11) is 0. The Morgan fingerprint density at radius 1 is 1.43 bits per heavy atom. The highest BCUT2D eigenvalue weighted by Crippen LogP contribution is 2.22. The summed E-state index contributed by atoms with van der Waals surface area (Å²) < 4.78 is 0. The first-order chi connectivity index (χ1) is 6.65. The number of nitrogens with zero attached hydrogens (tertiary/aromatic N) is 1. The molecule has 1 rings (SSSR count). The summed E-state index contributed by atoms with van der Waals surface area (Å²) in [5.41, 5.74) is 6.64. The van der Waals surface area contributed by atoms with Crippen molar-refractivity contribution in [2.45, 2.75) is 6.92 Å². The van der Waals surface area contributed by atoms with E-state index in [1.807, 2.05) is 0 Å². The number of phenols is 2. The van der Waals surface area contributed by atoms with Crippen molar-refractivity contribution in [3.05, 3.63) is 23.8 Å². The van der Waals surface area contributed by atoms with Crippen LogP contribution in [0.5, 0.6) is 11.5 Å². The molecule has 0 aliphatic rings. The lowest BCUT2D eigenvalue weighted by atomic mass is 10.1. The van der Waals surface area contributed by atoms with Crippen LogP contribution in [0.2, 0.25) is 0 Å². The van der Waals surface area contributed by atoms with Crippen molar-refractivity contribution >= 4 is 5.71 Å². The number of hydrogen-bond donors (Lipinski definition) is 3. The molecule has 0 amide bonds. The van der Waals surface area contributed by atoms with Gasteiger partial charge in [0.15, 0.2) is 0 Å². The largest absolute Gasteiger partial charge is 0.508 e. The number of benzene rings is 1. The Bertz CT molecular complexity index is 348. The molecule has 0 aromatic heterocycles. The highest BCUT2D eigenvalue weighted by molar-refractivity contribution is 6.01. The van der Waals surface area contributed by atoms with Crippen LogP contribution in [0.1, 0.15) is 12.5 Å². The van der Waals surface area contributed by atoms with Crippen molar-refractivity contribution in [1.29, 1.82) is 0 Å². The topological polar surface area (TPSA) is 78.8 Å². The Labute approximate surface area is 82.7 Å². The van der Waals surface area contributed by atoms with Crippen LogP contribution < -0.4 is 5.73 Å². The summed E-state index contributed by atoms with van der Waals surface area (Å²) in [6.45, 7) is 2.81. The molecular formula is C10H14N2O2. The third-order valence-electron chi connectivity index (χ3n) is 1.85. The van der Waals surface area contributed by atoms with Gasteiger partial charge in [0.1, 0.15) is 11.5 Å². The number of nitrogens with two attached hydrogens (primary N) is 1. The van der Waals surface area contributed by atoms with Gasteiger partial charge in [0.2, 0.25) is 0 Å². The molecule has 14 heavy (non-hydrogen) atoms. The maximum atomic E-state index is 9.49. The van der Waals surface area contributed by atoms with Gasteiger partial charge in [0.05, 0.1) is 6.54 Å². The Balaban J connectivity index is 2.95. The smallest absolute Gasteiger partial charge is 0.128 e. The molecule has 0 bridgehead atoms. The molecule has 0 fully saturated rings. The standard InChI is InChI=1S/C10H14N2O2/c1-7(12-5-4-11)9-3-2-8(13)6-10(9)14/h2-3,6,13-14H,4-5,11H2,1H3. The van der Waals surface area contributed by atoms with Gasteiger partial charge in [0, 0.05) is 23.9 Å². The molecule has 1 aromatic rings. The summed E-state index contributed by atoms with van der Waals surface area (Å²) in [5, 5.41) is 18.6. The lowest BCUT2D eigenvalue weighted by Crippen LogP contribution is -2.05. The molecule has 0 heterocycles. The summed E-state index contributed by atoms with van der Waals surface area (Å²) in [6.07, 6.45) is 0. The lowest BCUT2D eigenvalue weighted by Gasteiger charge is -2.04. The summed E-state index contributed by atoms with van der Waals surface area (Å²) >= 11 is 0. The zero-order valence-electron chi connectivity index (χ0n) is 8.07. The van der Waals surface area contributed by atoms with Crippen LogP contribution in [0.4, 0.5) is 0 Å². The van der Waals surface area contributed by atoms with E-state index in [9.17, 15) is 5.11 Å². The minimum Gasteiger partial charge on any atom is -0.508 e. The van der Waals surface area contributed by atoms with E-state index in [2.05, 4.69) is 4.99 Å². The van der Waals surface area contributed by atoms with Gasteiger partial charge >= 0.3 is 0 Å². The molecular weight excluding hydrogens is 180 g/mol. The van der Waals surface area contributed by atoms with E-state index in [-0.39, 0.29) is 11.5 Å². The molecule has 0 atom stereocenters. The maximum absolute atomic E-state index is 9.49. The first kappa shape index (κ1) is 10.5. The molecule has 0 saturated heterocycles. The van der Waals surface area contributed by atoms with Crippen molar-refractivity contribution in [3.8, 4) is 11.5 Å². The molecule has 1 aromatic carbocycles. The Kier molecular flexibility index (Phi) is 3.48. The zero-order chi connectivity index (χ0) is 10.6. The van der Waals surface area contributed by atoms with Gasteiger partial charge in [-0.2, -0.15) is 0 Å². The third kappa shape index (κ3) is 2.47. The van der Waals surface area contributed by atoms with E-state index in [4.69, 9.17) is 10.8 Å². The Morgan fingerprint density at radius 3 is 2.71 bits per heavy atom. The highest BCUT2D eigenvalue weighted by Gasteiger charge is 2.04. The lowest BCUT2D eigenvalue weighted by molar-refractivity contribution is 0.450. The number of aromatic hydroxyl groups is 2.